The Labute approximate surface area is 111 Å². The Hall–Kier alpha value is -1.26. The van der Waals surface area contributed by atoms with Gasteiger partial charge in [-0.1, -0.05) is 19.1 Å². The molecule has 1 unspecified atom stereocenters. The van der Waals surface area contributed by atoms with E-state index in [1.165, 1.54) is 0 Å². The third-order valence-corrected chi connectivity index (χ3v) is 3.84. The van der Waals surface area contributed by atoms with Gasteiger partial charge in [-0.25, -0.2) is 9.37 Å². The molecule has 0 amide bonds. The van der Waals surface area contributed by atoms with Gasteiger partial charge in [-0.3, -0.25) is 0 Å². The Morgan fingerprint density at radius 1 is 1.44 bits per heavy atom. The van der Waals surface area contributed by atoms with E-state index in [9.17, 15) is 4.39 Å². The fraction of sp³-hybridized carbons (Fsp3) is 0.357. The Morgan fingerprint density at radius 3 is 2.89 bits per heavy atom. The predicted molar refractivity (Wildman–Crippen MR) is 73.1 cm³/mol. The highest BCUT2D eigenvalue weighted by atomic mass is 32.1. The number of nitrogens with zero attached hydrogens (tertiary/aromatic N) is 1. The summed E-state index contributed by atoms with van der Waals surface area (Å²) in [6.45, 7) is 4.56. The standard InChI is InChI=1S/C14H17FN2S/c1-3-13(14-16-6-7-18-14)17-9-11-5-4-10(2)12(15)8-11/h4-8,13,17H,3,9H2,1-2H3. The lowest BCUT2D eigenvalue weighted by molar-refractivity contribution is 0.514. The average molecular weight is 264 g/mol. The SMILES string of the molecule is CCC(NCc1ccc(C)c(F)c1)c1nccs1. The van der Waals surface area contributed by atoms with E-state index in [0.29, 0.717) is 12.1 Å². The van der Waals surface area contributed by atoms with Crippen LogP contribution in [0.5, 0.6) is 0 Å². The highest BCUT2D eigenvalue weighted by molar-refractivity contribution is 7.09. The minimum Gasteiger partial charge on any atom is -0.304 e. The normalized spacial score (nSPS) is 12.6. The number of rotatable bonds is 5. The molecule has 1 atom stereocenters. The fourth-order valence-corrected chi connectivity index (χ4v) is 2.60. The van der Waals surface area contributed by atoms with Crippen molar-refractivity contribution in [1.82, 2.24) is 10.3 Å². The molecular weight excluding hydrogens is 247 g/mol. The molecule has 96 valence electrons. The first-order valence-corrected chi connectivity index (χ1v) is 6.96. The molecule has 0 saturated heterocycles. The summed E-state index contributed by atoms with van der Waals surface area (Å²) in [5.41, 5.74) is 1.65. The van der Waals surface area contributed by atoms with E-state index in [-0.39, 0.29) is 11.9 Å². The van der Waals surface area contributed by atoms with Crippen molar-refractivity contribution < 1.29 is 4.39 Å². The molecule has 2 nitrogen and oxygen atoms in total. The van der Waals surface area contributed by atoms with Crippen LogP contribution in [-0.2, 0) is 6.54 Å². The molecule has 18 heavy (non-hydrogen) atoms. The van der Waals surface area contributed by atoms with Gasteiger partial charge in [0, 0.05) is 18.1 Å². The van der Waals surface area contributed by atoms with Crippen LogP contribution in [0.3, 0.4) is 0 Å². The predicted octanol–water partition coefficient (Wildman–Crippen LogP) is 3.83. The smallest absolute Gasteiger partial charge is 0.126 e. The molecule has 0 aliphatic heterocycles. The second-order valence-corrected chi connectivity index (χ2v) is 5.22. The number of halogens is 1. The van der Waals surface area contributed by atoms with Crippen molar-refractivity contribution in [3.05, 3.63) is 51.7 Å². The van der Waals surface area contributed by atoms with Gasteiger partial charge in [0.1, 0.15) is 10.8 Å². The number of aromatic nitrogens is 1. The summed E-state index contributed by atoms with van der Waals surface area (Å²) in [6, 6.07) is 5.61. The van der Waals surface area contributed by atoms with E-state index in [1.54, 1.807) is 24.3 Å². The number of nitrogens with one attached hydrogen (secondary N) is 1. The quantitative estimate of drug-likeness (QED) is 0.887. The van der Waals surface area contributed by atoms with Crippen LogP contribution >= 0.6 is 11.3 Å². The minimum absolute atomic E-state index is 0.142. The van der Waals surface area contributed by atoms with E-state index in [1.807, 2.05) is 23.7 Å². The van der Waals surface area contributed by atoms with Gasteiger partial charge in [0.05, 0.1) is 6.04 Å². The zero-order valence-electron chi connectivity index (χ0n) is 10.6. The first-order valence-electron chi connectivity index (χ1n) is 6.08. The van der Waals surface area contributed by atoms with E-state index in [2.05, 4.69) is 17.2 Å². The number of thiazole rings is 1. The van der Waals surface area contributed by atoms with Gasteiger partial charge in [0.15, 0.2) is 0 Å². The van der Waals surface area contributed by atoms with Crippen LogP contribution in [0.1, 0.15) is 35.5 Å². The van der Waals surface area contributed by atoms with Crippen LogP contribution in [-0.4, -0.2) is 4.98 Å². The molecule has 0 saturated carbocycles. The van der Waals surface area contributed by atoms with Gasteiger partial charge in [-0.2, -0.15) is 0 Å². The molecule has 4 heteroatoms. The molecule has 2 rings (SSSR count). The molecule has 0 radical (unpaired) electrons. The summed E-state index contributed by atoms with van der Waals surface area (Å²) in [5.74, 6) is -0.142. The monoisotopic (exact) mass is 264 g/mol. The van der Waals surface area contributed by atoms with Gasteiger partial charge < -0.3 is 5.32 Å². The molecule has 0 bridgehead atoms. The van der Waals surface area contributed by atoms with Crippen molar-refractivity contribution in [2.24, 2.45) is 0 Å². The molecule has 0 aliphatic carbocycles. The van der Waals surface area contributed by atoms with Crippen molar-refractivity contribution in [3.8, 4) is 0 Å². The molecule has 1 N–H and O–H groups in total. The van der Waals surface area contributed by atoms with Crippen LogP contribution in [0.25, 0.3) is 0 Å². The van der Waals surface area contributed by atoms with Gasteiger partial charge in [0.2, 0.25) is 0 Å². The van der Waals surface area contributed by atoms with E-state index >= 15 is 0 Å². The van der Waals surface area contributed by atoms with Crippen molar-refractivity contribution in [3.63, 3.8) is 0 Å². The first-order chi connectivity index (χ1) is 8.70. The molecule has 0 spiro atoms. The summed E-state index contributed by atoms with van der Waals surface area (Å²) in [6.07, 6.45) is 2.79. The lowest BCUT2D eigenvalue weighted by atomic mass is 10.1. The maximum Gasteiger partial charge on any atom is 0.126 e. The third kappa shape index (κ3) is 3.15. The van der Waals surface area contributed by atoms with Crippen LogP contribution in [0, 0.1) is 12.7 Å². The highest BCUT2D eigenvalue weighted by Gasteiger charge is 2.11. The van der Waals surface area contributed by atoms with Crippen molar-refractivity contribution in [2.45, 2.75) is 32.9 Å². The lowest BCUT2D eigenvalue weighted by Crippen LogP contribution is -2.20. The zero-order chi connectivity index (χ0) is 13.0. The third-order valence-electron chi connectivity index (χ3n) is 2.95. The Morgan fingerprint density at radius 2 is 2.28 bits per heavy atom. The van der Waals surface area contributed by atoms with E-state index in [4.69, 9.17) is 0 Å². The molecule has 0 aliphatic rings. The van der Waals surface area contributed by atoms with Crippen molar-refractivity contribution in [2.75, 3.05) is 0 Å². The fourth-order valence-electron chi connectivity index (χ4n) is 1.80. The second kappa shape index (κ2) is 6.07. The summed E-state index contributed by atoms with van der Waals surface area (Å²) in [7, 11) is 0. The molecule has 1 heterocycles. The summed E-state index contributed by atoms with van der Waals surface area (Å²) in [5, 5.41) is 6.48. The maximum atomic E-state index is 13.4. The molecular formula is C14H17FN2S. The number of aryl methyl sites for hydroxylation is 1. The number of hydrogen-bond acceptors (Lipinski definition) is 3. The zero-order valence-corrected chi connectivity index (χ0v) is 11.4. The lowest BCUT2D eigenvalue weighted by Gasteiger charge is -2.14. The summed E-state index contributed by atoms with van der Waals surface area (Å²) < 4.78 is 13.4. The van der Waals surface area contributed by atoms with Crippen molar-refractivity contribution in [1.29, 1.82) is 0 Å². The van der Waals surface area contributed by atoms with Crippen LogP contribution in [0.2, 0.25) is 0 Å². The minimum atomic E-state index is -0.142. The van der Waals surface area contributed by atoms with Crippen LogP contribution in [0.15, 0.2) is 29.8 Å². The number of benzene rings is 1. The Balaban J connectivity index is 1.99. The molecule has 0 fully saturated rings. The summed E-state index contributed by atoms with van der Waals surface area (Å²) in [4.78, 5) is 4.31. The van der Waals surface area contributed by atoms with Gasteiger partial charge in [0.25, 0.3) is 0 Å². The van der Waals surface area contributed by atoms with Gasteiger partial charge in [-0.15, -0.1) is 11.3 Å². The molecule has 2 aromatic rings. The van der Waals surface area contributed by atoms with Crippen LogP contribution in [0.4, 0.5) is 4.39 Å². The number of hydrogen-bond donors (Lipinski definition) is 1. The topological polar surface area (TPSA) is 24.9 Å². The first kappa shape index (κ1) is 13.2. The Kier molecular flexibility index (Phi) is 4.44. The molecule has 1 aromatic carbocycles. The Bertz CT molecular complexity index is 497. The summed E-state index contributed by atoms with van der Waals surface area (Å²) >= 11 is 1.65. The van der Waals surface area contributed by atoms with Crippen LogP contribution < -0.4 is 5.32 Å². The average Bonchev–Trinajstić information content (AvgIpc) is 2.88. The largest absolute Gasteiger partial charge is 0.304 e. The van der Waals surface area contributed by atoms with E-state index in [0.717, 1.165) is 17.0 Å². The van der Waals surface area contributed by atoms with Gasteiger partial charge >= 0.3 is 0 Å². The molecule has 1 aromatic heterocycles. The highest BCUT2D eigenvalue weighted by Crippen LogP contribution is 2.19. The van der Waals surface area contributed by atoms with E-state index < -0.39 is 0 Å². The second-order valence-electron chi connectivity index (χ2n) is 4.30. The van der Waals surface area contributed by atoms with Crippen molar-refractivity contribution >= 4 is 11.3 Å². The maximum absolute atomic E-state index is 13.4. The van der Waals surface area contributed by atoms with Gasteiger partial charge in [-0.05, 0) is 30.5 Å².